The van der Waals surface area contributed by atoms with Crippen LogP contribution in [0.2, 0.25) is 0 Å². The van der Waals surface area contributed by atoms with Gasteiger partial charge in [0.15, 0.2) is 0 Å². The van der Waals surface area contributed by atoms with Crippen molar-refractivity contribution in [2.75, 3.05) is 23.8 Å². The number of esters is 1. The summed E-state index contributed by atoms with van der Waals surface area (Å²) in [6.07, 6.45) is 0. The van der Waals surface area contributed by atoms with Crippen molar-refractivity contribution in [3.8, 4) is 0 Å². The molecule has 0 unspecified atom stereocenters. The molecule has 1 aromatic rings. The Bertz CT molecular complexity index is 328. The molecule has 3 nitrogen and oxygen atoms in total. The summed E-state index contributed by atoms with van der Waals surface area (Å²) in [5, 5.41) is 0. The van der Waals surface area contributed by atoms with Gasteiger partial charge in [0.1, 0.15) is 6.61 Å². The molecule has 0 saturated carbocycles. The molecule has 0 atom stereocenters. The van der Waals surface area contributed by atoms with E-state index in [0.717, 1.165) is 11.5 Å². The lowest BCUT2D eigenvalue weighted by Crippen LogP contribution is -2.08. The molecule has 4 heteroatoms. The Morgan fingerprint density at radius 3 is 3.00 bits per heavy atom. The number of carbonyl (C=O) groups is 1. The van der Waals surface area contributed by atoms with E-state index in [-0.39, 0.29) is 5.97 Å². The molecular formula is C11H15NO2S. The number of thioether (sulfide) groups is 1. The van der Waals surface area contributed by atoms with Crippen molar-refractivity contribution in [3.05, 3.63) is 29.8 Å². The summed E-state index contributed by atoms with van der Waals surface area (Å²) in [5.74, 6) is 1.57. The van der Waals surface area contributed by atoms with Crippen LogP contribution in [-0.4, -0.2) is 24.1 Å². The average molecular weight is 225 g/mol. The second-order valence-electron chi connectivity index (χ2n) is 2.96. The van der Waals surface area contributed by atoms with E-state index >= 15 is 0 Å². The van der Waals surface area contributed by atoms with E-state index in [1.165, 1.54) is 0 Å². The number of nitrogen functional groups attached to an aromatic ring is 1. The Balaban J connectivity index is 2.40. The summed E-state index contributed by atoms with van der Waals surface area (Å²) in [5.41, 5.74) is 6.65. The van der Waals surface area contributed by atoms with E-state index in [0.29, 0.717) is 17.9 Å². The summed E-state index contributed by atoms with van der Waals surface area (Å²) in [7, 11) is 0. The van der Waals surface area contributed by atoms with Crippen LogP contribution in [0.15, 0.2) is 24.3 Å². The lowest BCUT2D eigenvalue weighted by molar-refractivity contribution is 0.0530. The molecule has 0 bridgehead atoms. The number of hydrogen-bond donors (Lipinski definition) is 1. The normalized spacial score (nSPS) is 9.93. The van der Waals surface area contributed by atoms with Gasteiger partial charge in [0, 0.05) is 11.4 Å². The zero-order valence-corrected chi connectivity index (χ0v) is 9.55. The Morgan fingerprint density at radius 1 is 1.53 bits per heavy atom. The van der Waals surface area contributed by atoms with Gasteiger partial charge in [-0.15, -0.1) is 0 Å². The number of carbonyl (C=O) groups excluding carboxylic acids is 1. The van der Waals surface area contributed by atoms with Gasteiger partial charge >= 0.3 is 5.97 Å². The molecule has 0 amide bonds. The molecule has 0 aromatic heterocycles. The third-order valence-electron chi connectivity index (χ3n) is 1.79. The maximum Gasteiger partial charge on any atom is 0.338 e. The summed E-state index contributed by atoms with van der Waals surface area (Å²) in [6.45, 7) is 2.52. The second kappa shape index (κ2) is 6.35. The molecular weight excluding hydrogens is 210 g/mol. The molecule has 2 N–H and O–H groups in total. The number of ether oxygens (including phenoxy) is 1. The van der Waals surface area contributed by atoms with Crippen molar-refractivity contribution in [2.45, 2.75) is 6.92 Å². The van der Waals surface area contributed by atoms with Crippen molar-refractivity contribution in [1.29, 1.82) is 0 Å². The van der Waals surface area contributed by atoms with Gasteiger partial charge in [-0.25, -0.2) is 4.79 Å². The van der Waals surface area contributed by atoms with Gasteiger partial charge in [0.2, 0.25) is 0 Å². The highest BCUT2D eigenvalue weighted by molar-refractivity contribution is 7.99. The van der Waals surface area contributed by atoms with Crippen LogP contribution in [0.4, 0.5) is 5.69 Å². The van der Waals surface area contributed by atoms with E-state index in [1.54, 1.807) is 36.0 Å². The molecule has 0 fully saturated rings. The minimum atomic E-state index is -0.306. The highest BCUT2D eigenvalue weighted by atomic mass is 32.2. The highest BCUT2D eigenvalue weighted by Gasteiger charge is 2.06. The molecule has 1 rings (SSSR count). The topological polar surface area (TPSA) is 52.3 Å². The van der Waals surface area contributed by atoms with Gasteiger partial charge in [-0.1, -0.05) is 13.0 Å². The van der Waals surface area contributed by atoms with Gasteiger partial charge in [-0.05, 0) is 24.0 Å². The molecule has 0 spiro atoms. The zero-order chi connectivity index (χ0) is 11.1. The molecule has 0 radical (unpaired) electrons. The predicted octanol–water partition coefficient (Wildman–Crippen LogP) is 2.18. The van der Waals surface area contributed by atoms with Gasteiger partial charge in [0.05, 0.1) is 5.56 Å². The lowest BCUT2D eigenvalue weighted by atomic mass is 10.2. The fraction of sp³-hybridized carbons (Fsp3) is 0.364. The van der Waals surface area contributed by atoms with Crippen LogP contribution in [0.1, 0.15) is 17.3 Å². The Kier molecular flexibility index (Phi) is 5.04. The standard InChI is InChI=1S/C11H15NO2S/c1-2-15-7-6-14-11(13)9-4-3-5-10(12)8-9/h3-5,8H,2,6-7,12H2,1H3. The third kappa shape index (κ3) is 4.25. The van der Waals surface area contributed by atoms with E-state index in [1.807, 2.05) is 0 Å². The number of anilines is 1. The van der Waals surface area contributed by atoms with Crippen molar-refractivity contribution in [1.82, 2.24) is 0 Å². The first kappa shape index (κ1) is 11.9. The van der Waals surface area contributed by atoms with Gasteiger partial charge in [-0.2, -0.15) is 11.8 Å². The first-order chi connectivity index (χ1) is 7.24. The number of nitrogens with two attached hydrogens (primary N) is 1. The summed E-state index contributed by atoms with van der Waals surface area (Å²) < 4.78 is 5.07. The number of hydrogen-bond acceptors (Lipinski definition) is 4. The first-order valence-corrected chi connectivity index (χ1v) is 6.00. The molecule has 15 heavy (non-hydrogen) atoms. The maximum absolute atomic E-state index is 11.5. The van der Waals surface area contributed by atoms with Crippen LogP contribution < -0.4 is 5.73 Å². The largest absolute Gasteiger partial charge is 0.461 e. The van der Waals surface area contributed by atoms with Crippen molar-refractivity contribution in [3.63, 3.8) is 0 Å². The van der Waals surface area contributed by atoms with Crippen LogP contribution in [0, 0.1) is 0 Å². The van der Waals surface area contributed by atoms with E-state index in [4.69, 9.17) is 10.5 Å². The minimum Gasteiger partial charge on any atom is -0.461 e. The molecule has 0 aliphatic carbocycles. The van der Waals surface area contributed by atoms with Gasteiger partial charge in [0.25, 0.3) is 0 Å². The Labute approximate surface area is 94.0 Å². The second-order valence-corrected chi connectivity index (χ2v) is 4.35. The molecule has 0 heterocycles. The fourth-order valence-corrected chi connectivity index (χ4v) is 1.58. The lowest BCUT2D eigenvalue weighted by Gasteiger charge is -2.04. The monoisotopic (exact) mass is 225 g/mol. The molecule has 0 aliphatic heterocycles. The Morgan fingerprint density at radius 2 is 2.33 bits per heavy atom. The maximum atomic E-state index is 11.5. The third-order valence-corrected chi connectivity index (χ3v) is 2.65. The number of rotatable bonds is 5. The van der Waals surface area contributed by atoms with Gasteiger partial charge < -0.3 is 10.5 Å². The van der Waals surface area contributed by atoms with Crippen molar-refractivity contribution in [2.24, 2.45) is 0 Å². The smallest absolute Gasteiger partial charge is 0.338 e. The summed E-state index contributed by atoms with van der Waals surface area (Å²) in [6, 6.07) is 6.80. The molecule has 1 aromatic carbocycles. The van der Waals surface area contributed by atoms with Crippen LogP contribution >= 0.6 is 11.8 Å². The fourth-order valence-electron chi connectivity index (χ4n) is 1.09. The molecule has 0 saturated heterocycles. The average Bonchev–Trinajstić information content (AvgIpc) is 2.24. The number of benzene rings is 1. The predicted molar refractivity (Wildman–Crippen MR) is 64.1 cm³/mol. The van der Waals surface area contributed by atoms with Crippen LogP contribution in [-0.2, 0) is 4.74 Å². The highest BCUT2D eigenvalue weighted by Crippen LogP contribution is 2.08. The van der Waals surface area contributed by atoms with Crippen LogP contribution in [0.5, 0.6) is 0 Å². The quantitative estimate of drug-likeness (QED) is 0.474. The van der Waals surface area contributed by atoms with Crippen LogP contribution in [0.25, 0.3) is 0 Å². The van der Waals surface area contributed by atoms with Crippen LogP contribution in [0.3, 0.4) is 0 Å². The van der Waals surface area contributed by atoms with Crippen molar-refractivity contribution < 1.29 is 9.53 Å². The summed E-state index contributed by atoms with van der Waals surface area (Å²) in [4.78, 5) is 11.5. The first-order valence-electron chi connectivity index (χ1n) is 4.84. The van der Waals surface area contributed by atoms with Crippen molar-refractivity contribution >= 4 is 23.4 Å². The van der Waals surface area contributed by atoms with E-state index < -0.39 is 0 Å². The minimum absolute atomic E-state index is 0.306. The van der Waals surface area contributed by atoms with E-state index in [2.05, 4.69) is 6.92 Å². The zero-order valence-electron chi connectivity index (χ0n) is 8.73. The molecule has 0 aliphatic rings. The van der Waals surface area contributed by atoms with Gasteiger partial charge in [-0.3, -0.25) is 0 Å². The summed E-state index contributed by atoms with van der Waals surface area (Å²) >= 11 is 1.75. The SMILES string of the molecule is CCSCCOC(=O)c1cccc(N)c1. The Hall–Kier alpha value is -1.16. The molecule has 82 valence electrons. The van der Waals surface area contributed by atoms with E-state index in [9.17, 15) is 4.79 Å².